The molecule has 0 saturated heterocycles. The van der Waals surface area contributed by atoms with Gasteiger partial charge in [-0.2, -0.15) is 0 Å². The molecule has 1 rings (SSSR count). The molecule has 1 aromatic carbocycles. The number of aliphatic hydroxyl groups excluding tert-OH is 1. The number of benzene rings is 1. The third-order valence-corrected chi connectivity index (χ3v) is 2.66. The fourth-order valence-electron chi connectivity index (χ4n) is 1.76. The molecule has 0 radical (unpaired) electrons. The average Bonchev–Trinajstić information content (AvgIpc) is 2.15. The highest BCUT2D eigenvalue weighted by atomic mass is 16.5. The van der Waals surface area contributed by atoms with Crippen LogP contribution in [0, 0.1) is 13.8 Å². The summed E-state index contributed by atoms with van der Waals surface area (Å²) >= 11 is 0. The van der Waals surface area contributed by atoms with Gasteiger partial charge in [-0.3, -0.25) is 0 Å². The molecule has 0 atom stereocenters. The van der Waals surface area contributed by atoms with Crippen LogP contribution in [0.1, 0.15) is 37.5 Å². The van der Waals surface area contributed by atoms with Gasteiger partial charge in [0.15, 0.2) is 0 Å². The van der Waals surface area contributed by atoms with E-state index >= 15 is 0 Å². The second-order valence-electron chi connectivity index (χ2n) is 5.26. The number of aliphatic hydroxyl groups is 1. The van der Waals surface area contributed by atoms with Crippen molar-refractivity contribution in [2.45, 2.75) is 40.0 Å². The maximum absolute atomic E-state index is 8.77. The number of ether oxygens (including phenoxy) is 1. The first-order valence-electron chi connectivity index (χ1n) is 5.71. The first-order chi connectivity index (χ1) is 7.36. The SMILES string of the molecule is Cc1cc(C(C)(C)C)cc(C)c1OCCO. The van der Waals surface area contributed by atoms with Crippen LogP contribution in [0.3, 0.4) is 0 Å². The number of hydrogen-bond acceptors (Lipinski definition) is 2. The van der Waals surface area contributed by atoms with Gasteiger partial charge in [-0.15, -0.1) is 0 Å². The Morgan fingerprint density at radius 3 is 2.00 bits per heavy atom. The van der Waals surface area contributed by atoms with E-state index in [1.807, 2.05) is 0 Å². The van der Waals surface area contributed by atoms with Crippen molar-refractivity contribution in [1.29, 1.82) is 0 Å². The van der Waals surface area contributed by atoms with Crippen molar-refractivity contribution in [2.75, 3.05) is 13.2 Å². The van der Waals surface area contributed by atoms with Gasteiger partial charge in [0.2, 0.25) is 0 Å². The Balaban J connectivity index is 3.08. The molecule has 0 unspecified atom stereocenters. The summed E-state index contributed by atoms with van der Waals surface area (Å²) < 4.78 is 5.53. The number of aryl methyl sites for hydroxylation is 2. The van der Waals surface area contributed by atoms with Crippen LogP contribution in [-0.4, -0.2) is 18.3 Å². The second kappa shape index (κ2) is 4.88. The Morgan fingerprint density at radius 2 is 1.62 bits per heavy atom. The van der Waals surface area contributed by atoms with Crippen molar-refractivity contribution in [3.05, 3.63) is 28.8 Å². The van der Waals surface area contributed by atoms with E-state index in [0.717, 1.165) is 16.9 Å². The van der Waals surface area contributed by atoms with Crippen LogP contribution >= 0.6 is 0 Å². The van der Waals surface area contributed by atoms with Crippen LogP contribution in [0.4, 0.5) is 0 Å². The zero-order valence-electron chi connectivity index (χ0n) is 10.9. The smallest absolute Gasteiger partial charge is 0.125 e. The Bertz CT molecular complexity index is 338. The van der Waals surface area contributed by atoms with Gasteiger partial charge in [-0.05, 0) is 36.0 Å². The largest absolute Gasteiger partial charge is 0.491 e. The molecule has 0 aromatic heterocycles. The monoisotopic (exact) mass is 222 g/mol. The lowest BCUT2D eigenvalue weighted by atomic mass is 9.85. The Kier molecular flexibility index (Phi) is 3.98. The van der Waals surface area contributed by atoms with Gasteiger partial charge in [0.25, 0.3) is 0 Å². The predicted octanol–water partition coefficient (Wildman–Crippen LogP) is 2.97. The van der Waals surface area contributed by atoms with Gasteiger partial charge >= 0.3 is 0 Å². The molecule has 0 fully saturated rings. The lowest BCUT2D eigenvalue weighted by molar-refractivity contribution is 0.200. The molecule has 16 heavy (non-hydrogen) atoms. The van der Waals surface area contributed by atoms with Crippen LogP contribution in [0.5, 0.6) is 5.75 Å². The van der Waals surface area contributed by atoms with Gasteiger partial charge in [-0.25, -0.2) is 0 Å². The van der Waals surface area contributed by atoms with E-state index in [2.05, 4.69) is 46.8 Å². The minimum Gasteiger partial charge on any atom is -0.491 e. The minimum absolute atomic E-state index is 0.0555. The Labute approximate surface area is 98.3 Å². The molecule has 2 heteroatoms. The number of hydrogen-bond donors (Lipinski definition) is 1. The molecule has 1 aromatic rings. The standard InChI is InChI=1S/C14H22O2/c1-10-8-12(14(3,4)5)9-11(2)13(10)16-7-6-15/h8-9,15H,6-7H2,1-5H3. The third-order valence-electron chi connectivity index (χ3n) is 2.66. The molecule has 90 valence electrons. The van der Waals surface area contributed by atoms with Gasteiger partial charge in [0.05, 0.1) is 6.61 Å². The minimum atomic E-state index is 0.0555. The van der Waals surface area contributed by atoms with Crippen LogP contribution in [0.15, 0.2) is 12.1 Å². The third kappa shape index (κ3) is 2.99. The molecule has 0 aliphatic heterocycles. The lowest BCUT2D eigenvalue weighted by Gasteiger charge is -2.22. The molecule has 0 aliphatic carbocycles. The summed E-state index contributed by atoms with van der Waals surface area (Å²) in [5, 5.41) is 8.77. The second-order valence-corrected chi connectivity index (χ2v) is 5.26. The molecule has 0 spiro atoms. The van der Waals surface area contributed by atoms with E-state index in [1.165, 1.54) is 5.56 Å². The number of rotatable bonds is 3. The van der Waals surface area contributed by atoms with Crippen LogP contribution in [0.2, 0.25) is 0 Å². The van der Waals surface area contributed by atoms with Crippen LogP contribution in [0.25, 0.3) is 0 Å². The van der Waals surface area contributed by atoms with E-state index < -0.39 is 0 Å². The quantitative estimate of drug-likeness (QED) is 0.852. The molecular formula is C14H22O2. The Hall–Kier alpha value is -1.02. The molecule has 2 nitrogen and oxygen atoms in total. The van der Waals surface area contributed by atoms with E-state index in [4.69, 9.17) is 9.84 Å². The molecule has 1 N–H and O–H groups in total. The summed E-state index contributed by atoms with van der Waals surface area (Å²) in [6, 6.07) is 4.33. The van der Waals surface area contributed by atoms with E-state index in [1.54, 1.807) is 0 Å². The van der Waals surface area contributed by atoms with E-state index in [9.17, 15) is 0 Å². The van der Waals surface area contributed by atoms with Gasteiger partial charge in [0, 0.05) is 0 Å². The summed E-state index contributed by atoms with van der Waals surface area (Å²) in [4.78, 5) is 0. The average molecular weight is 222 g/mol. The zero-order valence-corrected chi connectivity index (χ0v) is 10.9. The maximum Gasteiger partial charge on any atom is 0.125 e. The fourth-order valence-corrected chi connectivity index (χ4v) is 1.76. The highest BCUT2D eigenvalue weighted by molar-refractivity contribution is 5.45. The molecule has 0 amide bonds. The van der Waals surface area contributed by atoms with Gasteiger partial charge < -0.3 is 9.84 Å². The van der Waals surface area contributed by atoms with E-state index in [0.29, 0.717) is 6.61 Å². The topological polar surface area (TPSA) is 29.5 Å². The van der Waals surface area contributed by atoms with Gasteiger partial charge in [0.1, 0.15) is 12.4 Å². The summed E-state index contributed by atoms with van der Waals surface area (Å²) in [7, 11) is 0. The predicted molar refractivity (Wildman–Crippen MR) is 67.2 cm³/mol. The van der Waals surface area contributed by atoms with Crippen molar-refractivity contribution >= 4 is 0 Å². The molecule has 0 aliphatic rings. The molecule has 0 saturated carbocycles. The van der Waals surface area contributed by atoms with Crippen molar-refractivity contribution in [1.82, 2.24) is 0 Å². The molecule has 0 heterocycles. The first-order valence-corrected chi connectivity index (χ1v) is 5.71. The summed E-state index contributed by atoms with van der Waals surface area (Å²) in [6.45, 7) is 11.1. The molecule has 0 bridgehead atoms. The highest BCUT2D eigenvalue weighted by Gasteiger charge is 2.16. The van der Waals surface area contributed by atoms with Crippen molar-refractivity contribution in [3.63, 3.8) is 0 Å². The van der Waals surface area contributed by atoms with Crippen molar-refractivity contribution in [3.8, 4) is 5.75 Å². The normalized spacial score (nSPS) is 11.6. The summed E-state index contributed by atoms with van der Waals surface area (Å²) in [5.41, 5.74) is 3.75. The van der Waals surface area contributed by atoms with Crippen molar-refractivity contribution in [2.24, 2.45) is 0 Å². The zero-order chi connectivity index (χ0) is 12.3. The Morgan fingerprint density at radius 1 is 1.12 bits per heavy atom. The maximum atomic E-state index is 8.77. The fraction of sp³-hybridized carbons (Fsp3) is 0.571. The van der Waals surface area contributed by atoms with Crippen molar-refractivity contribution < 1.29 is 9.84 Å². The van der Waals surface area contributed by atoms with Gasteiger partial charge in [-0.1, -0.05) is 32.9 Å². The van der Waals surface area contributed by atoms with Crippen LogP contribution < -0.4 is 4.74 Å². The van der Waals surface area contributed by atoms with E-state index in [-0.39, 0.29) is 12.0 Å². The first kappa shape index (κ1) is 13.0. The highest BCUT2D eigenvalue weighted by Crippen LogP contribution is 2.30. The van der Waals surface area contributed by atoms with Crippen LogP contribution in [-0.2, 0) is 5.41 Å². The summed E-state index contributed by atoms with van der Waals surface area (Å²) in [6.07, 6.45) is 0. The molecular weight excluding hydrogens is 200 g/mol. The lowest BCUT2D eigenvalue weighted by Crippen LogP contribution is -2.12. The summed E-state index contributed by atoms with van der Waals surface area (Å²) in [5.74, 6) is 0.905.